The van der Waals surface area contributed by atoms with Crippen molar-refractivity contribution in [1.29, 1.82) is 0 Å². The number of carbonyl (C=O) groups excluding carboxylic acids is 1. The predicted octanol–water partition coefficient (Wildman–Crippen LogP) is 0.308. The van der Waals surface area contributed by atoms with E-state index in [0.29, 0.717) is 18.7 Å². The topological polar surface area (TPSA) is 117 Å². The van der Waals surface area contributed by atoms with Gasteiger partial charge in [-0.3, -0.25) is 0 Å². The van der Waals surface area contributed by atoms with Gasteiger partial charge in [-0.15, -0.1) is 0 Å². The van der Waals surface area contributed by atoms with Crippen molar-refractivity contribution in [3.05, 3.63) is 23.7 Å². The molecule has 0 unspecified atom stereocenters. The second kappa shape index (κ2) is 6.17. The molecule has 2 N–H and O–H groups in total. The summed E-state index contributed by atoms with van der Waals surface area (Å²) in [6.07, 6.45) is 0.416. The van der Waals surface area contributed by atoms with Gasteiger partial charge in [0.1, 0.15) is 5.76 Å². The molecular formula is C12H16N2O6S. The zero-order valence-electron chi connectivity index (χ0n) is 11.2. The highest BCUT2D eigenvalue weighted by Crippen LogP contribution is 2.09. The summed E-state index contributed by atoms with van der Waals surface area (Å²) in [7, 11) is -3.06. The molecule has 8 nitrogen and oxygen atoms in total. The summed E-state index contributed by atoms with van der Waals surface area (Å²) in [5.41, 5.74) is 0. The third-order valence-corrected chi connectivity index (χ3v) is 4.84. The first-order chi connectivity index (χ1) is 9.87. The largest absolute Gasteiger partial charge is 0.475 e. The molecule has 0 bridgehead atoms. The van der Waals surface area contributed by atoms with Crippen molar-refractivity contribution in [2.75, 3.05) is 24.6 Å². The fraction of sp³-hybridized carbons (Fsp3) is 0.500. The first-order valence-electron chi connectivity index (χ1n) is 6.42. The molecule has 116 valence electrons. The number of carboxylic acids is 1. The smallest absolute Gasteiger partial charge is 0.371 e. The molecule has 1 aliphatic heterocycles. The minimum absolute atomic E-state index is 0.0374. The molecule has 2 amide bonds. The fourth-order valence-electron chi connectivity index (χ4n) is 2.00. The van der Waals surface area contributed by atoms with Gasteiger partial charge in [0.15, 0.2) is 9.84 Å². The molecule has 2 rings (SSSR count). The Morgan fingerprint density at radius 2 is 2.05 bits per heavy atom. The molecule has 0 atom stereocenters. The van der Waals surface area contributed by atoms with Crippen LogP contribution in [0.25, 0.3) is 0 Å². The number of hydrogen-bond acceptors (Lipinski definition) is 5. The number of carbonyl (C=O) groups is 2. The number of rotatable bonds is 3. The maximum absolute atomic E-state index is 11.9. The summed E-state index contributed by atoms with van der Waals surface area (Å²) in [4.78, 5) is 24.0. The first kappa shape index (κ1) is 15.4. The van der Waals surface area contributed by atoms with Gasteiger partial charge in [0.25, 0.3) is 0 Å². The Balaban J connectivity index is 1.87. The van der Waals surface area contributed by atoms with E-state index in [0.717, 1.165) is 0 Å². The summed E-state index contributed by atoms with van der Waals surface area (Å²) < 4.78 is 27.9. The Labute approximate surface area is 121 Å². The third kappa shape index (κ3) is 4.22. The minimum atomic E-state index is -3.06. The number of nitrogens with one attached hydrogen (secondary N) is 1. The molecule has 1 aromatic heterocycles. The fourth-order valence-corrected chi connectivity index (χ4v) is 3.28. The van der Waals surface area contributed by atoms with E-state index in [-0.39, 0.29) is 36.4 Å². The molecular weight excluding hydrogens is 300 g/mol. The molecule has 21 heavy (non-hydrogen) atoms. The maximum atomic E-state index is 11.9. The average Bonchev–Trinajstić information content (AvgIpc) is 2.81. The number of aromatic carboxylic acids is 1. The molecule has 1 aromatic rings. The Hall–Kier alpha value is -2.03. The van der Waals surface area contributed by atoms with Crippen molar-refractivity contribution in [3.63, 3.8) is 0 Å². The molecule has 0 aliphatic carbocycles. The highest BCUT2D eigenvalue weighted by Gasteiger charge is 2.22. The summed E-state index contributed by atoms with van der Waals surface area (Å²) in [5, 5.41) is 11.3. The van der Waals surface area contributed by atoms with E-state index < -0.39 is 15.8 Å². The lowest BCUT2D eigenvalue weighted by Gasteiger charge is -2.19. The van der Waals surface area contributed by atoms with Crippen molar-refractivity contribution >= 4 is 21.8 Å². The number of hydrogen-bond donors (Lipinski definition) is 2. The van der Waals surface area contributed by atoms with E-state index in [2.05, 4.69) is 5.32 Å². The van der Waals surface area contributed by atoms with Crippen LogP contribution in [-0.2, 0) is 16.4 Å². The second-order valence-corrected chi connectivity index (χ2v) is 7.03. The Bertz CT molecular complexity index is 636. The van der Waals surface area contributed by atoms with Gasteiger partial charge in [0.05, 0.1) is 18.1 Å². The summed E-state index contributed by atoms with van der Waals surface area (Å²) in [5.74, 6) is -0.991. The van der Waals surface area contributed by atoms with E-state index in [9.17, 15) is 18.0 Å². The molecule has 0 aromatic carbocycles. The van der Waals surface area contributed by atoms with E-state index in [1.807, 2.05) is 0 Å². The van der Waals surface area contributed by atoms with Crippen LogP contribution in [0.3, 0.4) is 0 Å². The van der Waals surface area contributed by atoms with Crippen LogP contribution in [0, 0.1) is 0 Å². The average molecular weight is 316 g/mol. The maximum Gasteiger partial charge on any atom is 0.371 e. The van der Waals surface area contributed by atoms with E-state index in [1.165, 1.54) is 17.0 Å². The van der Waals surface area contributed by atoms with Crippen LogP contribution >= 0.6 is 0 Å². The molecule has 2 heterocycles. The highest BCUT2D eigenvalue weighted by molar-refractivity contribution is 7.91. The number of carboxylic acid groups (broad SMARTS) is 1. The van der Waals surface area contributed by atoms with Gasteiger partial charge in [-0.2, -0.15) is 0 Å². The third-order valence-electron chi connectivity index (χ3n) is 3.13. The van der Waals surface area contributed by atoms with Gasteiger partial charge in [0.2, 0.25) is 5.76 Å². The Morgan fingerprint density at radius 1 is 1.29 bits per heavy atom. The standard InChI is InChI=1S/C12H16N2O6S/c15-11(16)10-3-2-9(20-10)8-13-12(17)14-4-1-6-21(18,19)7-5-14/h2-3H,1,4-8H2,(H,13,17)(H,15,16). The predicted molar refractivity (Wildman–Crippen MR) is 72.7 cm³/mol. The normalized spacial score (nSPS) is 18.0. The number of nitrogens with zero attached hydrogens (tertiary/aromatic N) is 1. The zero-order valence-corrected chi connectivity index (χ0v) is 12.1. The highest BCUT2D eigenvalue weighted by atomic mass is 32.2. The number of amides is 2. The van der Waals surface area contributed by atoms with E-state index in [1.54, 1.807) is 0 Å². The van der Waals surface area contributed by atoms with Gasteiger partial charge in [-0.05, 0) is 18.6 Å². The Morgan fingerprint density at radius 3 is 2.71 bits per heavy atom. The van der Waals surface area contributed by atoms with Crippen LogP contribution in [0.2, 0.25) is 0 Å². The van der Waals surface area contributed by atoms with Crippen molar-refractivity contribution in [2.45, 2.75) is 13.0 Å². The van der Waals surface area contributed by atoms with E-state index >= 15 is 0 Å². The molecule has 1 saturated heterocycles. The minimum Gasteiger partial charge on any atom is -0.475 e. The van der Waals surface area contributed by atoms with Crippen LogP contribution in [-0.4, -0.2) is 55.0 Å². The molecule has 0 saturated carbocycles. The molecule has 0 spiro atoms. The molecule has 1 aliphatic rings. The molecule has 1 fully saturated rings. The second-order valence-electron chi connectivity index (χ2n) is 4.72. The number of furan rings is 1. The van der Waals surface area contributed by atoms with Crippen molar-refractivity contribution in [2.24, 2.45) is 0 Å². The van der Waals surface area contributed by atoms with Gasteiger partial charge in [-0.25, -0.2) is 18.0 Å². The van der Waals surface area contributed by atoms with Gasteiger partial charge < -0.3 is 19.7 Å². The lowest BCUT2D eigenvalue weighted by molar-refractivity contribution is 0.0660. The molecule has 9 heteroatoms. The number of urea groups is 1. The zero-order chi connectivity index (χ0) is 15.5. The van der Waals surface area contributed by atoms with Crippen LogP contribution < -0.4 is 5.32 Å². The Kier molecular flexibility index (Phi) is 4.51. The number of sulfone groups is 1. The van der Waals surface area contributed by atoms with Gasteiger partial charge in [0, 0.05) is 13.1 Å². The summed E-state index contributed by atoms with van der Waals surface area (Å²) >= 11 is 0. The van der Waals surface area contributed by atoms with Crippen LogP contribution in [0.5, 0.6) is 0 Å². The lowest BCUT2D eigenvalue weighted by Crippen LogP contribution is -2.41. The quantitative estimate of drug-likeness (QED) is 0.828. The van der Waals surface area contributed by atoms with Crippen molar-refractivity contribution < 1.29 is 27.5 Å². The van der Waals surface area contributed by atoms with Crippen molar-refractivity contribution in [1.82, 2.24) is 10.2 Å². The lowest BCUT2D eigenvalue weighted by atomic mass is 10.4. The van der Waals surface area contributed by atoms with Gasteiger partial charge in [-0.1, -0.05) is 0 Å². The molecule has 0 radical (unpaired) electrons. The van der Waals surface area contributed by atoms with Crippen molar-refractivity contribution in [3.8, 4) is 0 Å². The first-order valence-corrected chi connectivity index (χ1v) is 8.25. The summed E-state index contributed by atoms with van der Waals surface area (Å²) in [6.45, 7) is 0.589. The SMILES string of the molecule is O=C(O)c1ccc(CNC(=O)N2CCCS(=O)(=O)CC2)o1. The van der Waals surface area contributed by atoms with Crippen LogP contribution in [0.1, 0.15) is 22.7 Å². The van der Waals surface area contributed by atoms with Crippen LogP contribution in [0.15, 0.2) is 16.5 Å². The van der Waals surface area contributed by atoms with Gasteiger partial charge >= 0.3 is 12.0 Å². The monoisotopic (exact) mass is 316 g/mol. The van der Waals surface area contributed by atoms with Crippen LogP contribution in [0.4, 0.5) is 4.79 Å². The van der Waals surface area contributed by atoms with E-state index in [4.69, 9.17) is 9.52 Å². The summed E-state index contributed by atoms with van der Waals surface area (Å²) in [6, 6.07) is 2.39.